The zero-order chi connectivity index (χ0) is 14.2. The minimum atomic E-state index is -0.0526. The second kappa shape index (κ2) is 5.43. The molecule has 1 aromatic carbocycles. The molecule has 0 saturated carbocycles. The quantitative estimate of drug-likeness (QED) is 0.911. The molecule has 1 fully saturated rings. The SMILES string of the molecule is CC1SCCC1(CN)Nc1ccc(Cl)c2cccnc12. The van der Waals surface area contributed by atoms with Crippen molar-refractivity contribution in [2.45, 2.75) is 24.1 Å². The molecule has 3 N–H and O–H groups in total. The molecule has 1 aliphatic rings. The van der Waals surface area contributed by atoms with Crippen LogP contribution in [0.3, 0.4) is 0 Å². The first kappa shape index (κ1) is 14.0. The van der Waals surface area contributed by atoms with Crippen LogP contribution in [0.2, 0.25) is 5.02 Å². The zero-order valence-corrected chi connectivity index (χ0v) is 13.0. The Morgan fingerprint density at radius 1 is 1.50 bits per heavy atom. The summed E-state index contributed by atoms with van der Waals surface area (Å²) in [4.78, 5) is 4.48. The van der Waals surface area contributed by atoms with E-state index in [2.05, 4.69) is 17.2 Å². The van der Waals surface area contributed by atoms with Gasteiger partial charge in [0.25, 0.3) is 0 Å². The van der Waals surface area contributed by atoms with Crippen molar-refractivity contribution in [3.8, 4) is 0 Å². The smallest absolute Gasteiger partial charge is 0.0948 e. The molecule has 0 spiro atoms. The van der Waals surface area contributed by atoms with Gasteiger partial charge in [-0.1, -0.05) is 18.5 Å². The van der Waals surface area contributed by atoms with Crippen LogP contribution >= 0.6 is 23.4 Å². The lowest BCUT2D eigenvalue weighted by Gasteiger charge is -2.34. The maximum Gasteiger partial charge on any atom is 0.0948 e. The third kappa shape index (κ3) is 2.26. The number of fused-ring (bicyclic) bond motifs is 1. The Morgan fingerprint density at radius 3 is 3.05 bits per heavy atom. The number of anilines is 1. The molecule has 0 amide bonds. The van der Waals surface area contributed by atoms with Crippen molar-refractivity contribution >= 4 is 40.0 Å². The number of nitrogens with zero attached hydrogens (tertiary/aromatic N) is 1. The topological polar surface area (TPSA) is 50.9 Å². The highest BCUT2D eigenvalue weighted by atomic mass is 35.5. The zero-order valence-electron chi connectivity index (χ0n) is 11.4. The van der Waals surface area contributed by atoms with Gasteiger partial charge in [-0.05, 0) is 36.4 Å². The molecule has 2 heterocycles. The van der Waals surface area contributed by atoms with E-state index in [-0.39, 0.29) is 5.54 Å². The number of aromatic nitrogens is 1. The van der Waals surface area contributed by atoms with Gasteiger partial charge in [-0.15, -0.1) is 0 Å². The van der Waals surface area contributed by atoms with Crippen LogP contribution in [0.15, 0.2) is 30.5 Å². The average Bonchev–Trinajstić information content (AvgIpc) is 2.84. The van der Waals surface area contributed by atoms with Crippen molar-refractivity contribution in [1.29, 1.82) is 0 Å². The second-order valence-electron chi connectivity index (χ2n) is 5.24. The summed E-state index contributed by atoms with van der Waals surface area (Å²) < 4.78 is 0. The van der Waals surface area contributed by atoms with Crippen molar-refractivity contribution in [3.63, 3.8) is 0 Å². The highest BCUT2D eigenvalue weighted by molar-refractivity contribution is 8.00. The van der Waals surface area contributed by atoms with Crippen LogP contribution in [-0.4, -0.2) is 28.1 Å². The Hall–Kier alpha value is -0.970. The molecule has 2 atom stereocenters. The predicted molar refractivity (Wildman–Crippen MR) is 88.7 cm³/mol. The van der Waals surface area contributed by atoms with Crippen molar-refractivity contribution in [3.05, 3.63) is 35.5 Å². The fourth-order valence-corrected chi connectivity index (χ4v) is 4.41. The van der Waals surface area contributed by atoms with E-state index in [1.807, 2.05) is 36.0 Å². The first-order chi connectivity index (χ1) is 9.66. The average molecular weight is 308 g/mol. The lowest BCUT2D eigenvalue weighted by Crippen LogP contribution is -2.49. The standard InChI is InChI=1S/C15H18ClN3S/c1-10-15(9-17,6-8-20-10)19-13-5-4-12(16)11-3-2-7-18-14(11)13/h2-5,7,10,19H,6,8-9,17H2,1H3. The molecule has 0 radical (unpaired) electrons. The number of thioether (sulfide) groups is 1. The summed E-state index contributed by atoms with van der Waals surface area (Å²) in [5.41, 5.74) is 7.94. The van der Waals surface area contributed by atoms with Gasteiger partial charge in [0.2, 0.25) is 0 Å². The number of hydrogen-bond acceptors (Lipinski definition) is 4. The molecular formula is C15H18ClN3S. The molecule has 0 aliphatic carbocycles. The Kier molecular flexibility index (Phi) is 3.80. The Bertz CT molecular complexity index is 634. The number of benzene rings is 1. The molecule has 1 aromatic heterocycles. The van der Waals surface area contributed by atoms with Crippen LogP contribution in [-0.2, 0) is 0 Å². The third-order valence-electron chi connectivity index (χ3n) is 4.16. The van der Waals surface area contributed by atoms with Crippen LogP contribution in [0.25, 0.3) is 10.9 Å². The third-order valence-corrected chi connectivity index (χ3v) is 5.88. The van der Waals surface area contributed by atoms with Gasteiger partial charge in [0, 0.05) is 23.4 Å². The maximum absolute atomic E-state index is 6.25. The maximum atomic E-state index is 6.25. The summed E-state index contributed by atoms with van der Waals surface area (Å²) in [7, 11) is 0. The fraction of sp³-hybridized carbons (Fsp3) is 0.400. The monoisotopic (exact) mass is 307 g/mol. The lowest BCUT2D eigenvalue weighted by molar-refractivity contribution is 0.480. The van der Waals surface area contributed by atoms with Gasteiger partial charge in [-0.25, -0.2) is 0 Å². The highest BCUT2D eigenvalue weighted by Gasteiger charge is 2.40. The van der Waals surface area contributed by atoms with E-state index < -0.39 is 0 Å². The lowest BCUT2D eigenvalue weighted by atomic mass is 9.92. The number of pyridine rings is 1. The van der Waals surface area contributed by atoms with Gasteiger partial charge in [-0.2, -0.15) is 11.8 Å². The van der Waals surface area contributed by atoms with Crippen molar-refractivity contribution in [2.75, 3.05) is 17.6 Å². The van der Waals surface area contributed by atoms with Crippen LogP contribution in [0.1, 0.15) is 13.3 Å². The van der Waals surface area contributed by atoms with Crippen LogP contribution in [0.4, 0.5) is 5.69 Å². The summed E-state index contributed by atoms with van der Waals surface area (Å²) >= 11 is 8.21. The van der Waals surface area contributed by atoms with E-state index >= 15 is 0 Å². The Balaban J connectivity index is 2.05. The van der Waals surface area contributed by atoms with Gasteiger partial charge in [-0.3, -0.25) is 4.98 Å². The molecule has 3 rings (SSSR count). The van der Waals surface area contributed by atoms with E-state index in [0.29, 0.717) is 11.8 Å². The van der Waals surface area contributed by atoms with E-state index in [4.69, 9.17) is 17.3 Å². The number of rotatable bonds is 3. The number of nitrogens with one attached hydrogen (secondary N) is 1. The molecule has 20 heavy (non-hydrogen) atoms. The summed E-state index contributed by atoms with van der Waals surface area (Å²) in [6.45, 7) is 2.86. The highest BCUT2D eigenvalue weighted by Crippen LogP contribution is 2.39. The van der Waals surface area contributed by atoms with Gasteiger partial charge >= 0.3 is 0 Å². The van der Waals surface area contributed by atoms with E-state index in [1.54, 1.807) is 6.20 Å². The molecule has 5 heteroatoms. The van der Waals surface area contributed by atoms with Gasteiger partial charge in [0.15, 0.2) is 0 Å². The van der Waals surface area contributed by atoms with Crippen LogP contribution in [0.5, 0.6) is 0 Å². The van der Waals surface area contributed by atoms with Gasteiger partial charge < -0.3 is 11.1 Å². The largest absolute Gasteiger partial charge is 0.375 e. The number of nitrogens with two attached hydrogens (primary N) is 1. The number of halogens is 1. The van der Waals surface area contributed by atoms with Crippen LogP contribution < -0.4 is 11.1 Å². The Labute approximate surface area is 128 Å². The van der Waals surface area contributed by atoms with Crippen molar-refractivity contribution < 1.29 is 0 Å². The molecule has 1 aliphatic heterocycles. The fourth-order valence-electron chi connectivity index (χ4n) is 2.77. The van der Waals surface area contributed by atoms with Crippen LogP contribution in [0, 0.1) is 0 Å². The molecule has 2 unspecified atom stereocenters. The summed E-state index contributed by atoms with van der Waals surface area (Å²) in [6.07, 6.45) is 2.87. The number of hydrogen-bond donors (Lipinski definition) is 2. The second-order valence-corrected chi connectivity index (χ2v) is 7.10. The van der Waals surface area contributed by atoms with E-state index in [9.17, 15) is 0 Å². The van der Waals surface area contributed by atoms with Crippen molar-refractivity contribution in [2.24, 2.45) is 5.73 Å². The molecular weight excluding hydrogens is 290 g/mol. The minimum absolute atomic E-state index is 0.0526. The molecule has 2 aromatic rings. The molecule has 0 bridgehead atoms. The van der Waals surface area contributed by atoms with E-state index in [1.165, 1.54) is 0 Å². The van der Waals surface area contributed by atoms with Gasteiger partial charge in [0.05, 0.1) is 21.8 Å². The molecule has 106 valence electrons. The first-order valence-electron chi connectivity index (χ1n) is 6.79. The van der Waals surface area contributed by atoms with Gasteiger partial charge in [0.1, 0.15) is 0 Å². The van der Waals surface area contributed by atoms with E-state index in [0.717, 1.165) is 33.8 Å². The summed E-state index contributed by atoms with van der Waals surface area (Å²) in [5, 5.41) is 5.85. The Morgan fingerprint density at radius 2 is 2.35 bits per heavy atom. The summed E-state index contributed by atoms with van der Waals surface area (Å²) in [6, 6.07) is 7.83. The first-order valence-corrected chi connectivity index (χ1v) is 8.22. The van der Waals surface area contributed by atoms with Crippen molar-refractivity contribution in [1.82, 2.24) is 4.98 Å². The molecule has 1 saturated heterocycles. The molecule has 3 nitrogen and oxygen atoms in total. The predicted octanol–water partition coefficient (Wildman–Crippen LogP) is 3.52. The minimum Gasteiger partial charge on any atom is -0.375 e. The normalized spacial score (nSPS) is 26.1. The summed E-state index contributed by atoms with van der Waals surface area (Å²) in [5.74, 6) is 1.14.